The summed E-state index contributed by atoms with van der Waals surface area (Å²) >= 11 is 0. The number of aryl methyl sites for hydroxylation is 1. The highest BCUT2D eigenvalue weighted by Crippen LogP contribution is 2.37. The molecule has 0 atom stereocenters. The van der Waals surface area contributed by atoms with Crippen LogP contribution < -0.4 is 0 Å². The molecule has 0 N–H and O–H groups in total. The summed E-state index contributed by atoms with van der Waals surface area (Å²) in [5.74, 6) is 0. The lowest BCUT2D eigenvalue weighted by Crippen LogP contribution is -2.40. The zero-order chi connectivity index (χ0) is 14.0. The summed E-state index contributed by atoms with van der Waals surface area (Å²) < 4.78 is 6.16. The van der Waals surface area contributed by atoms with E-state index in [1.165, 1.54) is 0 Å². The molecule has 0 heterocycles. The van der Waals surface area contributed by atoms with Gasteiger partial charge < -0.3 is 4.43 Å². The number of rotatable bonds is 4. The van der Waals surface area contributed by atoms with E-state index in [4.69, 9.17) is 4.43 Å². The Balaban J connectivity index is 2.81. The van der Waals surface area contributed by atoms with Crippen molar-refractivity contribution in [1.29, 1.82) is 0 Å². The lowest BCUT2D eigenvalue weighted by molar-refractivity contribution is 0.112. The number of hydrogen-bond donors (Lipinski definition) is 0. The molecule has 3 heteroatoms. The summed E-state index contributed by atoms with van der Waals surface area (Å²) in [5.41, 5.74) is 2.92. The fourth-order valence-electron chi connectivity index (χ4n) is 1.53. The Labute approximate surface area is 111 Å². The average Bonchev–Trinajstić information content (AvgIpc) is 2.24. The van der Waals surface area contributed by atoms with E-state index in [2.05, 4.69) is 39.9 Å². The molecule has 0 unspecified atom stereocenters. The van der Waals surface area contributed by atoms with Gasteiger partial charge in [0, 0.05) is 5.56 Å². The van der Waals surface area contributed by atoms with E-state index in [1.54, 1.807) is 0 Å². The normalized spacial score (nSPS) is 12.6. The van der Waals surface area contributed by atoms with Gasteiger partial charge in [0.2, 0.25) is 0 Å². The highest BCUT2D eigenvalue weighted by Gasteiger charge is 2.36. The monoisotopic (exact) mass is 264 g/mol. The lowest BCUT2D eigenvalue weighted by Gasteiger charge is -2.36. The topological polar surface area (TPSA) is 26.3 Å². The largest absolute Gasteiger partial charge is 0.413 e. The summed E-state index contributed by atoms with van der Waals surface area (Å²) in [4.78, 5) is 10.8. The molecule has 100 valence electrons. The maximum Gasteiger partial charge on any atom is 0.192 e. The third-order valence-electron chi connectivity index (χ3n) is 3.70. The molecule has 2 nitrogen and oxygen atoms in total. The summed E-state index contributed by atoms with van der Waals surface area (Å²) in [6.45, 7) is 13.8. The molecule has 1 aromatic rings. The second-order valence-corrected chi connectivity index (χ2v) is 11.2. The van der Waals surface area contributed by atoms with Crippen LogP contribution in [-0.2, 0) is 11.0 Å². The summed E-state index contributed by atoms with van der Waals surface area (Å²) in [6, 6.07) is 5.89. The van der Waals surface area contributed by atoms with Crippen LogP contribution in [0.2, 0.25) is 18.1 Å². The Morgan fingerprint density at radius 3 is 2.33 bits per heavy atom. The molecular formula is C15H24O2Si. The van der Waals surface area contributed by atoms with Crippen molar-refractivity contribution in [1.82, 2.24) is 0 Å². The van der Waals surface area contributed by atoms with Gasteiger partial charge in [-0.3, -0.25) is 4.79 Å². The van der Waals surface area contributed by atoms with Gasteiger partial charge in [-0.2, -0.15) is 0 Å². The fourth-order valence-corrected chi connectivity index (χ4v) is 2.49. The second kappa shape index (κ2) is 5.37. The lowest BCUT2D eigenvalue weighted by atomic mass is 10.1. The quantitative estimate of drug-likeness (QED) is 0.597. The highest BCUT2D eigenvalue weighted by molar-refractivity contribution is 6.74. The van der Waals surface area contributed by atoms with Gasteiger partial charge in [-0.25, -0.2) is 0 Å². The molecule has 0 bridgehead atoms. The first kappa shape index (κ1) is 15.1. The van der Waals surface area contributed by atoms with Crippen LogP contribution in [0.15, 0.2) is 18.2 Å². The standard InChI is InChI=1S/C15H24O2Si/c1-12-7-13(10-16)9-14(8-12)11-17-18(5,6)15(2,3)4/h7-10H,11H2,1-6H3. The first-order chi connectivity index (χ1) is 8.15. The maximum atomic E-state index is 10.8. The number of carbonyl (C=O) groups excluding carboxylic acids is 1. The SMILES string of the molecule is Cc1cc(C=O)cc(CO[Si](C)(C)C(C)(C)C)c1. The van der Waals surface area contributed by atoms with Gasteiger partial charge in [0.1, 0.15) is 6.29 Å². The van der Waals surface area contributed by atoms with Crippen LogP contribution in [0.1, 0.15) is 42.3 Å². The van der Waals surface area contributed by atoms with Gasteiger partial charge in [-0.15, -0.1) is 0 Å². The van der Waals surface area contributed by atoms with E-state index in [1.807, 2.05) is 19.1 Å². The predicted molar refractivity (Wildman–Crippen MR) is 78.6 cm³/mol. The molecule has 0 aliphatic carbocycles. The van der Waals surface area contributed by atoms with E-state index >= 15 is 0 Å². The Morgan fingerprint density at radius 1 is 1.22 bits per heavy atom. The Hall–Kier alpha value is -0.933. The minimum absolute atomic E-state index is 0.213. The van der Waals surface area contributed by atoms with Crippen LogP contribution in [0.5, 0.6) is 0 Å². The van der Waals surface area contributed by atoms with Gasteiger partial charge in [-0.05, 0) is 42.8 Å². The minimum atomic E-state index is -1.72. The number of aldehydes is 1. The number of hydrogen-bond acceptors (Lipinski definition) is 2. The minimum Gasteiger partial charge on any atom is -0.413 e. The van der Waals surface area contributed by atoms with Crippen molar-refractivity contribution in [3.8, 4) is 0 Å². The second-order valence-electron chi connectivity index (χ2n) is 6.42. The van der Waals surface area contributed by atoms with Crippen molar-refractivity contribution < 1.29 is 9.22 Å². The Kier molecular flexibility index (Phi) is 4.51. The van der Waals surface area contributed by atoms with Crippen LogP contribution in [0.3, 0.4) is 0 Å². The van der Waals surface area contributed by atoms with E-state index in [0.717, 1.165) is 23.0 Å². The van der Waals surface area contributed by atoms with E-state index < -0.39 is 8.32 Å². The smallest absolute Gasteiger partial charge is 0.192 e. The zero-order valence-corrected chi connectivity index (χ0v) is 13.3. The third kappa shape index (κ3) is 3.78. The molecule has 1 rings (SSSR count). The molecule has 0 saturated carbocycles. The van der Waals surface area contributed by atoms with Gasteiger partial charge >= 0.3 is 0 Å². The molecule has 0 amide bonds. The molecule has 1 aromatic carbocycles. The average molecular weight is 264 g/mol. The molecule has 0 aliphatic heterocycles. The van der Waals surface area contributed by atoms with E-state index in [-0.39, 0.29) is 5.04 Å². The van der Waals surface area contributed by atoms with Crippen molar-refractivity contribution in [2.45, 2.75) is 52.4 Å². The molecule has 18 heavy (non-hydrogen) atoms. The van der Waals surface area contributed by atoms with Crippen molar-refractivity contribution in [2.24, 2.45) is 0 Å². The zero-order valence-electron chi connectivity index (χ0n) is 12.3. The summed E-state index contributed by atoms with van der Waals surface area (Å²) in [7, 11) is -1.72. The van der Waals surface area contributed by atoms with Crippen molar-refractivity contribution >= 4 is 14.6 Å². The van der Waals surface area contributed by atoms with Crippen molar-refractivity contribution in [3.05, 3.63) is 34.9 Å². The van der Waals surface area contributed by atoms with Crippen LogP contribution in [-0.4, -0.2) is 14.6 Å². The van der Waals surface area contributed by atoms with E-state index in [9.17, 15) is 4.79 Å². The Morgan fingerprint density at radius 2 is 1.83 bits per heavy atom. The summed E-state index contributed by atoms with van der Waals surface area (Å²) in [6.07, 6.45) is 0.892. The molecule has 0 saturated heterocycles. The summed E-state index contributed by atoms with van der Waals surface area (Å²) in [5, 5.41) is 0.213. The highest BCUT2D eigenvalue weighted by atomic mass is 28.4. The first-order valence-electron chi connectivity index (χ1n) is 6.35. The van der Waals surface area contributed by atoms with Crippen LogP contribution in [0.4, 0.5) is 0 Å². The van der Waals surface area contributed by atoms with Gasteiger partial charge in [-0.1, -0.05) is 32.4 Å². The molecular weight excluding hydrogens is 240 g/mol. The molecule has 0 spiro atoms. The number of benzene rings is 1. The van der Waals surface area contributed by atoms with Gasteiger partial charge in [0.25, 0.3) is 0 Å². The molecule has 0 aliphatic rings. The van der Waals surface area contributed by atoms with E-state index in [0.29, 0.717) is 6.61 Å². The first-order valence-corrected chi connectivity index (χ1v) is 9.26. The third-order valence-corrected chi connectivity index (χ3v) is 8.18. The molecule has 0 aromatic heterocycles. The molecule has 0 radical (unpaired) electrons. The van der Waals surface area contributed by atoms with Crippen LogP contribution in [0, 0.1) is 6.92 Å². The van der Waals surface area contributed by atoms with Gasteiger partial charge in [0.05, 0.1) is 6.61 Å². The van der Waals surface area contributed by atoms with Crippen LogP contribution >= 0.6 is 0 Å². The fraction of sp³-hybridized carbons (Fsp3) is 0.533. The van der Waals surface area contributed by atoms with Crippen LogP contribution in [0.25, 0.3) is 0 Å². The maximum absolute atomic E-state index is 10.8. The number of carbonyl (C=O) groups is 1. The molecule has 0 fully saturated rings. The van der Waals surface area contributed by atoms with Crippen molar-refractivity contribution in [2.75, 3.05) is 0 Å². The predicted octanol–water partition coefficient (Wildman–Crippen LogP) is 4.33. The van der Waals surface area contributed by atoms with Crippen molar-refractivity contribution in [3.63, 3.8) is 0 Å². The Bertz CT molecular complexity index is 431. The van der Waals surface area contributed by atoms with Gasteiger partial charge in [0.15, 0.2) is 8.32 Å².